The van der Waals surface area contributed by atoms with Gasteiger partial charge in [0.1, 0.15) is 0 Å². The average molecular weight is 312 g/mol. The van der Waals surface area contributed by atoms with Crippen molar-refractivity contribution in [3.63, 3.8) is 0 Å². The maximum atomic E-state index is 12.3. The molecule has 0 aliphatic carbocycles. The molecular formula is C15H24N2O3S. The summed E-state index contributed by atoms with van der Waals surface area (Å²) in [5.41, 5.74) is 0.581. The number of carbonyl (C=O) groups is 1. The van der Waals surface area contributed by atoms with Gasteiger partial charge >= 0.3 is 0 Å². The van der Waals surface area contributed by atoms with Crippen LogP contribution in [0.2, 0.25) is 0 Å². The molecular weight excluding hydrogens is 288 g/mol. The lowest BCUT2D eigenvalue weighted by Crippen LogP contribution is -2.24. The molecule has 0 heterocycles. The summed E-state index contributed by atoms with van der Waals surface area (Å²) in [5, 5.41) is 7.87. The first-order valence-corrected chi connectivity index (χ1v) is 8.72. The molecule has 0 aromatic heterocycles. The van der Waals surface area contributed by atoms with E-state index in [0.29, 0.717) is 11.6 Å². The van der Waals surface area contributed by atoms with Crippen molar-refractivity contribution in [1.82, 2.24) is 0 Å². The maximum Gasteiger partial charge on any atom is 0.238 e. The van der Waals surface area contributed by atoms with Crippen LogP contribution in [0.4, 0.5) is 5.69 Å². The van der Waals surface area contributed by atoms with Gasteiger partial charge in [-0.2, -0.15) is 0 Å². The number of hydrogen-bond donors (Lipinski definition) is 2. The second-order valence-electron chi connectivity index (χ2n) is 5.67. The Morgan fingerprint density at radius 1 is 1.24 bits per heavy atom. The number of amides is 1. The number of anilines is 1. The SMILES string of the molecule is CCCC(CC(C)C)C(=O)Nc1ccc(S(N)(=O)=O)cc1. The van der Waals surface area contributed by atoms with Crippen LogP contribution >= 0.6 is 0 Å². The van der Waals surface area contributed by atoms with Crippen LogP contribution in [0.25, 0.3) is 0 Å². The van der Waals surface area contributed by atoms with Crippen molar-refractivity contribution in [3.8, 4) is 0 Å². The van der Waals surface area contributed by atoms with Gasteiger partial charge in [-0.25, -0.2) is 13.6 Å². The molecule has 1 atom stereocenters. The predicted molar refractivity (Wildman–Crippen MR) is 84.3 cm³/mol. The molecule has 0 saturated carbocycles. The number of primary sulfonamides is 1. The van der Waals surface area contributed by atoms with Crippen molar-refractivity contribution in [1.29, 1.82) is 0 Å². The van der Waals surface area contributed by atoms with E-state index in [1.54, 1.807) is 12.1 Å². The van der Waals surface area contributed by atoms with Gasteiger partial charge in [-0.3, -0.25) is 4.79 Å². The summed E-state index contributed by atoms with van der Waals surface area (Å²) in [5.74, 6) is 0.416. The second kappa shape index (κ2) is 7.56. The van der Waals surface area contributed by atoms with Crippen LogP contribution in [0, 0.1) is 11.8 Å². The molecule has 1 aromatic carbocycles. The fourth-order valence-electron chi connectivity index (χ4n) is 2.25. The van der Waals surface area contributed by atoms with Crippen molar-refractivity contribution >= 4 is 21.6 Å². The summed E-state index contributed by atoms with van der Waals surface area (Å²) in [6.45, 7) is 6.25. The first-order valence-electron chi connectivity index (χ1n) is 7.17. The highest BCUT2D eigenvalue weighted by atomic mass is 32.2. The van der Waals surface area contributed by atoms with Crippen LogP contribution in [0.1, 0.15) is 40.0 Å². The average Bonchev–Trinajstić information content (AvgIpc) is 2.37. The molecule has 1 unspecified atom stereocenters. The normalized spacial score (nSPS) is 13.2. The highest BCUT2D eigenvalue weighted by Gasteiger charge is 2.19. The smallest absolute Gasteiger partial charge is 0.238 e. The molecule has 5 nitrogen and oxygen atoms in total. The van der Waals surface area contributed by atoms with Gasteiger partial charge in [0, 0.05) is 11.6 Å². The Morgan fingerprint density at radius 2 is 1.81 bits per heavy atom. The molecule has 0 saturated heterocycles. The van der Waals surface area contributed by atoms with Crippen molar-refractivity contribution < 1.29 is 13.2 Å². The second-order valence-corrected chi connectivity index (χ2v) is 7.24. The van der Waals surface area contributed by atoms with Crippen LogP contribution < -0.4 is 10.5 Å². The third-order valence-electron chi connectivity index (χ3n) is 3.21. The Hall–Kier alpha value is -1.40. The van der Waals surface area contributed by atoms with Gasteiger partial charge in [0.15, 0.2) is 0 Å². The number of nitrogens with one attached hydrogen (secondary N) is 1. The molecule has 3 N–H and O–H groups in total. The van der Waals surface area contributed by atoms with E-state index >= 15 is 0 Å². The monoisotopic (exact) mass is 312 g/mol. The minimum Gasteiger partial charge on any atom is -0.326 e. The van der Waals surface area contributed by atoms with Crippen molar-refractivity contribution in [2.45, 2.75) is 44.9 Å². The van der Waals surface area contributed by atoms with Crippen molar-refractivity contribution in [2.75, 3.05) is 5.32 Å². The number of hydrogen-bond acceptors (Lipinski definition) is 3. The van der Waals surface area contributed by atoms with Gasteiger partial charge < -0.3 is 5.32 Å². The van der Waals surface area contributed by atoms with Crippen LogP contribution in [0.5, 0.6) is 0 Å². The molecule has 0 aliphatic rings. The Morgan fingerprint density at radius 3 is 2.24 bits per heavy atom. The van der Waals surface area contributed by atoms with Crippen LogP contribution in [-0.4, -0.2) is 14.3 Å². The molecule has 21 heavy (non-hydrogen) atoms. The summed E-state index contributed by atoms with van der Waals surface area (Å²) in [7, 11) is -3.70. The molecule has 0 aliphatic heterocycles. The zero-order valence-electron chi connectivity index (χ0n) is 12.8. The standard InChI is InChI=1S/C15H24N2O3S/c1-4-5-12(10-11(2)3)15(18)17-13-6-8-14(9-7-13)21(16,19)20/h6-9,11-12H,4-5,10H2,1-3H3,(H,17,18)(H2,16,19,20). The molecule has 0 bridgehead atoms. The molecule has 1 aromatic rings. The fraction of sp³-hybridized carbons (Fsp3) is 0.533. The Bertz CT molecular complexity index is 565. The van der Waals surface area contributed by atoms with Gasteiger partial charge in [-0.05, 0) is 43.0 Å². The van der Waals surface area contributed by atoms with E-state index in [4.69, 9.17) is 5.14 Å². The van der Waals surface area contributed by atoms with Crippen LogP contribution in [0.3, 0.4) is 0 Å². The first kappa shape index (κ1) is 17.7. The topological polar surface area (TPSA) is 89.3 Å². The fourth-order valence-corrected chi connectivity index (χ4v) is 2.76. The quantitative estimate of drug-likeness (QED) is 0.811. The Labute approximate surface area is 127 Å². The molecule has 1 rings (SSSR count). The van der Waals surface area contributed by atoms with Crippen LogP contribution in [-0.2, 0) is 14.8 Å². The zero-order chi connectivity index (χ0) is 16.0. The molecule has 0 fully saturated rings. The third kappa shape index (κ3) is 5.85. The summed E-state index contributed by atoms with van der Waals surface area (Å²) in [6.07, 6.45) is 2.64. The van der Waals surface area contributed by atoms with Crippen molar-refractivity contribution in [2.24, 2.45) is 17.0 Å². The molecule has 118 valence electrons. The molecule has 6 heteroatoms. The lowest BCUT2D eigenvalue weighted by atomic mass is 9.92. The Balaban J connectivity index is 2.77. The van der Waals surface area contributed by atoms with Crippen LogP contribution in [0.15, 0.2) is 29.2 Å². The first-order chi connectivity index (χ1) is 9.74. The highest BCUT2D eigenvalue weighted by Crippen LogP contribution is 2.20. The third-order valence-corrected chi connectivity index (χ3v) is 4.14. The lowest BCUT2D eigenvalue weighted by molar-refractivity contribution is -0.120. The molecule has 0 radical (unpaired) electrons. The van der Waals surface area contributed by atoms with E-state index < -0.39 is 10.0 Å². The Kier molecular flexibility index (Phi) is 6.36. The zero-order valence-corrected chi connectivity index (χ0v) is 13.6. The van der Waals surface area contributed by atoms with Gasteiger partial charge in [0.25, 0.3) is 0 Å². The summed E-state index contributed by atoms with van der Waals surface area (Å²) >= 11 is 0. The van der Waals surface area contributed by atoms with E-state index in [-0.39, 0.29) is 16.7 Å². The maximum absolute atomic E-state index is 12.3. The minimum atomic E-state index is -3.70. The predicted octanol–water partition coefficient (Wildman–Crippen LogP) is 2.73. The van der Waals surface area contributed by atoms with Gasteiger partial charge in [-0.1, -0.05) is 27.2 Å². The number of nitrogens with two attached hydrogens (primary N) is 1. The summed E-state index contributed by atoms with van der Waals surface area (Å²) in [4.78, 5) is 12.3. The summed E-state index contributed by atoms with van der Waals surface area (Å²) < 4.78 is 22.3. The van der Waals surface area contributed by atoms with E-state index in [2.05, 4.69) is 26.1 Å². The molecule has 0 spiro atoms. The summed E-state index contributed by atoms with van der Waals surface area (Å²) in [6, 6.07) is 5.89. The van der Waals surface area contributed by atoms with Crippen molar-refractivity contribution in [3.05, 3.63) is 24.3 Å². The minimum absolute atomic E-state index is 0.0195. The number of carbonyl (C=O) groups excluding carboxylic acids is 1. The van der Waals surface area contributed by atoms with Gasteiger partial charge in [-0.15, -0.1) is 0 Å². The highest BCUT2D eigenvalue weighted by molar-refractivity contribution is 7.89. The van der Waals surface area contributed by atoms with Gasteiger partial charge in [0.05, 0.1) is 4.90 Å². The van der Waals surface area contributed by atoms with E-state index in [1.165, 1.54) is 12.1 Å². The van der Waals surface area contributed by atoms with E-state index in [1.807, 2.05) is 0 Å². The molecule has 1 amide bonds. The number of rotatable bonds is 7. The van der Waals surface area contributed by atoms with E-state index in [0.717, 1.165) is 19.3 Å². The largest absolute Gasteiger partial charge is 0.326 e. The lowest BCUT2D eigenvalue weighted by Gasteiger charge is -2.18. The van der Waals surface area contributed by atoms with E-state index in [9.17, 15) is 13.2 Å². The number of benzene rings is 1. The van der Waals surface area contributed by atoms with Gasteiger partial charge in [0.2, 0.25) is 15.9 Å². The number of sulfonamides is 1.